The molecule has 0 heterocycles. The van der Waals surface area contributed by atoms with Crippen LogP contribution >= 0.6 is 27.5 Å². The fraction of sp³-hybridized carbons (Fsp3) is 0.500. The fourth-order valence-electron chi connectivity index (χ4n) is 1.23. The van der Waals surface area contributed by atoms with Gasteiger partial charge in [-0.3, -0.25) is 0 Å². The molecular weight excluding hydrogens is 289 g/mol. The van der Waals surface area contributed by atoms with Crippen LogP contribution in [0.25, 0.3) is 0 Å². The fourth-order valence-corrected chi connectivity index (χ4v) is 2.01. The molecule has 16 heavy (non-hydrogen) atoms. The maximum absolute atomic E-state index is 5.86. The molecular formula is C12H17BrClNO. The molecule has 0 aromatic heterocycles. The average molecular weight is 307 g/mol. The van der Waals surface area contributed by atoms with E-state index in [0.29, 0.717) is 11.1 Å². The Balaban J connectivity index is 2.52. The van der Waals surface area contributed by atoms with Crippen LogP contribution in [-0.4, -0.2) is 18.7 Å². The van der Waals surface area contributed by atoms with Crippen molar-refractivity contribution in [1.29, 1.82) is 0 Å². The minimum atomic E-state index is 0.125. The van der Waals surface area contributed by atoms with Crippen LogP contribution < -0.4 is 10.1 Å². The van der Waals surface area contributed by atoms with Gasteiger partial charge in [0, 0.05) is 17.6 Å². The predicted molar refractivity (Wildman–Crippen MR) is 72.4 cm³/mol. The summed E-state index contributed by atoms with van der Waals surface area (Å²) in [5, 5.41) is 4.03. The Morgan fingerprint density at radius 1 is 1.38 bits per heavy atom. The molecule has 1 unspecified atom stereocenters. The first kappa shape index (κ1) is 13.8. The molecule has 0 aliphatic rings. The normalized spacial score (nSPS) is 12.9. The Hall–Kier alpha value is -0.250. The van der Waals surface area contributed by atoms with Gasteiger partial charge in [0.15, 0.2) is 0 Å². The number of benzene rings is 1. The van der Waals surface area contributed by atoms with Crippen LogP contribution in [0, 0.1) is 0 Å². The van der Waals surface area contributed by atoms with Gasteiger partial charge >= 0.3 is 0 Å². The van der Waals surface area contributed by atoms with Crippen molar-refractivity contribution >= 4 is 27.5 Å². The van der Waals surface area contributed by atoms with Crippen molar-refractivity contribution in [2.75, 3.05) is 6.54 Å². The summed E-state index contributed by atoms with van der Waals surface area (Å²) >= 11 is 9.28. The SMILES string of the molecule is CC(C)NCC(C)Oc1ccc(Cl)cc1Br. The Morgan fingerprint density at radius 3 is 2.62 bits per heavy atom. The maximum atomic E-state index is 5.86. The molecule has 2 nitrogen and oxygen atoms in total. The van der Waals surface area contributed by atoms with Crippen LogP contribution in [0.1, 0.15) is 20.8 Å². The first-order valence-electron chi connectivity index (χ1n) is 5.34. The summed E-state index contributed by atoms with van der Waals surface area (Å²) < 4.78 is 6.67. The van der Waals surface area contributed by atoms with E-state index in [1.807, 2.05) is 25.1 Å². The van der Waals surface area contributed by atoms with Crippen molar-refractivity contribution in [1.82, 2.24) is 5.32 Å². The minimum Gasteiger partial charge on any atom is -0.488 e. The molecule has 0 radical (unpaired) electrons. The second kappa shape index (κ2) is 6.48. The van der Waals surface area contributed by atoms with Gasteiger partial charge in [-0.15, -0.1) is 0 Å². The predicted octanol–water partition coefficient (Wildman–Crippen LogP) is 3.87. The van der Waals surface area contributed by atoms with Gasteiger partial charge in [-0.2, -0.15) is 0 Å². The maximum Gasteiger partial charge on any atom is 0.134 e. The number of rotatable bonds is 5. The minimum absolute atomic E-state index is 0.125. The largest absolute Gasteiger partial charge is 0.488 e. The number of hydrogen-bond acceptors (Lipinski definition) is 2. The molecule has 0 saturated carbocycles. The average Bonchev–Trinajstić information content (AvgIpc) is 2.19. The third-order valence-corrected chi connectivity index (χ3v) is 2.89. The standard InChI is InChI=1S/C12H17BrClNO/c1-8(2)15-7-9(3)16-12-5-4-10(14)6-11(12)13/h4-6,8-9,15H,7H2,1-3H3. The molecule has 1 aromatic carbocycles. The lowest BCUT2D eigenvalue weighted by molar-refractivity contribution is 0.212. The topological polar surface area (TPSA) is 21.3 Å². The number of nitrogens with one attached hydrogen (secondary N) is 1. The van der Waals surface area contributed by atoms with Gasteiger partial charge in [0.05, 0.1) is 4.47 Å². The van der Waals surface area contributed by atoms with Crippen molar-refractivity contribution in [3.63, 3.8) is 0 Å². The monoisotopic (exact) mass is 305 g/mol. The second-order valence-corrected chi connectivity index (χ2v) is 5.36. The molecule has 0 aliphatic carbocycles. The van der Waals surface area contributed by atoms with E-state index in [0.717, 1.165) is 16.8 Å². The van der Waals surface area contributed by atoms with E-state index in [4.69, 9.17) is 16.3 Å². The third-order valence-electron chi connectivity index (χ3n) is 2.04. The molecule has 1 atom stereocenters. The molecule has 1 aromatic rings. The lowest BCUT2D eigenvalue weighted by atomic mass is 10.3. The Kier molecular flexibility index (Phi) is 5.59. The van der Waals surface area contributed by atoms with Crippen molar-refractivity contribution in [2.24, 2.45) is 0 Å². The van der Waals surface area contributed by atoms with Crippen molar-refractivity contribution in [3.05, 3.63) is 27.7 Å². The van der Waals surface area contributed by atoms with Crippen LogP contribution in [0.3, 0.4) is 0 Å². The molecule has 1 N–H and O–H groups in total. The van der Waals surface area contributed by atoms with Gasteiger partial charge in [-0.25, -0.2) is 0 Å². The van der Waals surface area contributed by atoms with E-state index in [9.17, 15) is 0 Å². The summed E-state index contributed by atoms with van der Waals surface area (Å²) in [5.41, 5.74) is 0. The zero-order valence-corrected chi connectivity index (χ0v) is 12.1. The van der Waals surface area contributed by atoms with Crippen LogP contribution in [-0.2, 0) is 0 Å². The van der Waals surface area contributed by atoms with Crippen LogP contribution in [0.2, 0.25) is 5.02 Å². The Bertz CT molecular complexity index is 344. The summed E-state index contributed by atoms with van der Waals surface area (Å²) in [6.07, 6.45) is 0.125. The molecule has 0 spiro atoms. The first-order valence-corrected chi connectivity index (χ1v) is 6.51. The number of hydrogen-bond donors (Lipinski definition) is 1. The van der Waals surface area contributed by atoms with Crippen LogP contribution in [0.15, 0.2) is 22.7 Å². The Morgan fingerprint density at radius 2 is 2.06 bits per heavy atom. The first-order chi connectivity index (χ1) is 7.49. The van der Waals surface area contributed by atoms with E-state index in [2.05, 4.69) is 35.1 Å². The van der Waals surface area contributed by atoms with E-state index in [-0.39, 0.29) is 6.10 Å². The quantitative estimate of drug-likeness (QED) is 0.891. The van der Waals surface area contributed by atoms with Gasteiger partial charge in [-0.05, 0) is 41.1 Å². The lowest BCUT2D eigenvalue weighted by Gasteiger charge is -2.18. The molecule has 4 heteroatoms. The highest BCUT2D eigenvalue weighted by Crippen LogP contribution is 2.28. The molecule has 0 bridgehead atoms. The van der Waals surface area contributed by atoms with Gasteiger partial charge in [0.1, 0.15) is 11.9 Å². The Labute approximate surface area is 110 Å². The molecule has 0 aliphatic heterocycles. The zero-order chi connectivity index (χ0) is 12.1. The van der Waals surface area contributed by atoms with Crippen LogP contribution in [0.5, 0.6) is 5.75 Å². The molecule has 0 amide bonds. The lowest BCUT2D eigenvalue weighted by Crippen LogP contribution is -2.33. The van der Waals surface area contributed by atoms with Gasteiger partial charge in [0.2, 0.25) is 0 Å². The summed E-state index contributed by atoms with van der Waals surface area (Å²) in [4.78, 5) is 0. The van der Waals surface area contributed by atoms with E-state index < -0.39 is 0 Å². The van der Waals surface area contributed by atoms with Gasteiger partial charge < -0.3 is 10.1 Å². The van der Waals surface area contributed by atoms with Crippen molar-refractivity contribution in [2.45, 2.75) is 32.9 Å². The van der Waals surface area contributed by atoms with E-state index in [1.54, 1.807) is 0 Å². The summed E-state index contributed by atoms with van der Waals surface area (Å²) in [5.74, 6) is 0.822. The summed E-state index contributed by atoms with van der Waals surface area (Å²) in [7, 11) is 0. The summed E-state index contributed by atoms with van der Waals surface area (Å²) in [6.45, 7) is 7.10. The van der Waals surface area contributed by atoms with Gasteiger partial charge in [0.25, 0.3) is 0 Å². The van der Waals surface area contributed by atoms with Crippen LogP contribution in [0.4, 0.5) is 0 Å². The highest BCUT2D eigenvalue weighted by Gasteiger charge is 2.07. The molecule has 0 saturated heterocycles. The third kappa shape index (κ3) is 4.73. The number of halogens is 2. The molecule has 0 fully saturated rings. The molecule has 1 rings (SSSR count). The van der Waals surface area contributed by atoms with Gasteiger partial charge in [-0.1, -0.05) is 25.4 Å². The molecule has 90 valence electrons. The van der Waals surface area contributed by atoms with E-state index in [1.165, 1.54) is 0 Å². The van der Waals surface area contributed by atoms with Crippen molar-refractivity contribution < 1.29 is 4.74 Å². The number of ether oxygens (including phenoxy) is 1. The zero-order valence-electron chi connectivity index (χ0n) is 9.76. The van der Waals surface area contributed by atoms with E-state index >= 15 is 0 Å². The summed E-state index contributed by atoms with van der Waals surface area (Å²) in [6, 6.07) is 6.00. The second-order valence-electron chi connectivity index (χ2n) is 4.07. The van der Waals surface area contributed by atoms with Crippen molar-refractivity contribution in [3.8, 4) is 5.75 Å². The smallest absolute Gasteiger partial charge is 0.134 e. The highest BCUT2D eigenvalue weighted by molar-refractivity contribution is 9.10. The highest BCUT2D eigenvalue weighted by atomic mass is 79.9.